The van der Waals surface area contributed by atoms with E-state index in [4.69, 9.17) is 26.8 Å². The SMILES string of the molecule is CC1(C)CCC(NC(CN)c2cc(Cl)c3c(c2)OCO3)C1. The zero-order chi connectivity index (χ0) is 15.0. The van der Waals surface area contributed by atoms with Gasteiger partial charge in [0.2, 0.25) is 6.79 Å². The molecule has 1 aromatic carbocycles. The van der Waals surface area contributed by atoms with Gasteiger partial charge in [-0.05, 0) is 42.4 Å². The normalized spacial score (nSPS) is 24.3. The van der Waals surface area contributed by atoms with Crippen LogP contribution >= 0.6 is 11.6 Å². The number of halogens is 1. The fourth-order valence-corrected chi connectivity index (χ4v) is 3.63. The van der Waals surface area contributed by atoms with Gasteiger partial charge in [-0.2, -0.15) is 0 Å². The van der Waals surface area contributed by atoms with E-state index in [1.165, 1.54) is 19.3 Å². The van der Waals surface area contributed by atoms with E-state index < -0.39 is 0 Å². The number of nitrogens with two attached hydrogens (primary N) is 1. The van der Waals surface area contributed by atoms with Crippen LogP contribution in [0.2, 0.25) is 5.02 Å². The van der Waals surface area contributed by atoms with Crippen molar-refractivity contribution in [3.05, 3.63) is 22.7 Å². The molecule has 0 amide bonds. The minimum Gasteiger partial charge on any atom is -0.454 e. The first-order chi connectivity index (χ1) is 9.98. The zero-order valence-corrected chi connectivity index (χ0v) is 13.4. The molecule has 21 heavy (non-hydrogen) atoms. The van der Waals surface area contributed by atoms with Crippen LogP contribution in [0.5, 0.6) is 11.5 Å². The van der Waals surface area contributed by atoms with Gasteiger partial charge in [-0.25, -0.2) is 0 Å². The maximum Gasteiger partial charge on any atom is 0.231 e. The Labute approximate surface area is 130 Å². The van der Waals surface area contributed by atoms with Gasteiger partial charge in [0.15, 0.2) is 11.5 Å². The van der Waals surface area contributed by atoms with Gasteiger partial charge in [0.25, 0.3) is 0 Å². The highest BCUT2D eigenvalue weighted by atomic mass is 35.5. The molecule has 0 spiro atoms. The van der Waals surface area contributed by atoms with E-state index in [9.17, 15) is 0 Å². The fraction of sp³-hybridized carbons (Fsp3) is 0.625. The summed E-state index contributed by atoms with van der Waals surface area (Å²) in [6, 6.07) is 4.52. The minimum atomic E-state index is 0.0934. The fourth-order valence-electron chi connectivity index (χ4n) is 3.35. The average Bonchev–Trinajstić information content (AvgIpc) is 3.02. The minimum absolute atomic E-state index is 0.0934. The smallest absolute Gasteiger partial charge is 0.231 e. The Morgan fingerprint density at radius 3 is 2.90 bits per heavy atom. The van der Waals surface area contributed by atoms with Crippen molar-refractivity contribution in [2.45, 2.75) is 45.2 Å². The third-order valence-electron chi connectivity index (χ3n) is 4.49. The maximum absolute atomic E-state index is 6.26. The van der Waals surface area contributed by atoms with E-state index in [1.807, 2.05) is 12.1 Å². The summed E-state index contributed by atoms with van der Waals surface area (Å²) in [6.07, 6.45) is 3.63. The van der Waals surface area contributed by atoms with E-state index in [2.05, 4.69) is 19.2 Å². The summed E-state index contributed by atoms with van der Waals surface area (Å²) in [5, 5.41) is 4.27. The van der Waals surface area contributed by atoms with Crippen molar-refractivity contribution < 1.29 is 9.47 Å². The maximum atomic E-state index is 6.26. The van der Waals surface area contributed by atoms with Crippen LogP contribution in [0.3, 0.4) is 0 Å². The van der Waals surface area contributed by atoms with Crippen molar-refractivity contribution in [2.75, 3.05) is 13.3 Å². The summed E-state index contributed by atoms with van der Waals surface area (Å²) in [5.41, 5.74) is 7.45. The first-order valence-corrected chi connectivity index (χ1v) is 7.91. The number of fused-ring (bicyclic) bond motifs is 1. The van der Waals surface area contributed by atoms with Gasteiger partial charge in [-0.3, -0.25) is 0 Å². The highest BCUT2D eigenvalue weighted by Crippen LogP contribution is 2.42. The first kappa shape index (κ1) is 14.9. The summed E-state index contributed by atoms with van der Waals surface area (Å²) in [4.78, 5) is 0. The van der Waals surface area contributed by atoms with Crippen molar-refractivity contribution in [2.24, 2.45) is 11.1 Å². The highest BCUT2D eigenvalue weighted by molar-refractivity contribution is 6.32. The van der Waals surface area contributed by atoms with Crippen molar-refractivity contribution >= 4 is 11.6 Å². The van der Waals surface area contributed by atoms with E-state index in [-0.39, 0.29) is 12.8 Å². The molecule has 3 N–H and O–H groups in total. The van der Waals surface area contributed by atoms with E-state index in [0.717, 1.165) is 5.56 Å². The Morgan fingerprint density at radius 2 is 2.24 bits per heavy atom. The lowest BCUT2D eigenvalue weighted by Crippen LogP contribution is -2.35. The van der Waals surface area contributed by atoms with Crippen LogP contribution in [-0.4, -0.2) is 19.4 Å². The lowest BCUT2D eigenvalue weighted by Gasteiger charge is -2.24. The molecule has 1 aromatic rings. The van der Waals surface area contributed by atoms with Crippen LogP contribution < -0.4 is 20.5 Å². The van der Waals surface area contributed by atoms with Crippen LogP contribution in [0.15, 0.2) is 12.1 Å². The quantitative estimate of drug-likeness (QED) is 0.896. The van der Waals surface area contributed by atoms with Crippen LogP contribution in [-0.2, 0) is 0 Å². The number of hydrogen-bond acceptors (Lipinski definition) is 4. The van der Waals surface area contributed by atoms with Gasteiger partial charge in [-0.1, -0.05) is 25.4 Å². The molecule has 5 heteroatoms. The molecule has 0 radical (unpaired) electrons. The van der Waals surface area contributed by atoms with Gasteiger partial charge in [0, 0.05) is 18.6 Å². The van der Waals surface area contributed by atoms with E-state index >= 15 is 0 Å². The third kappa shape index (κ3) is 3.12. The zero-order valence-electron chi connectivity index (χ0n) is 12.6. The predicted octanol–water partition coefficient (Wildman–Crippen LogP) is 3.24. The van der Waals surface area contributed by atoms with Gasteiger partial charge in [0.05, 0.1) is 5.02 Å². The second-order valence-electron chi connectivity index (χ2n) is 6.80. The monoisotopic (exact) mass is 310 g/mol. The lowest BCUT2D eigenvalue weighted by molar-refractivity contribution is 0.174. The predicted molar refractivity (Wildman–Crippen MR) is 83.9 cm³/mol. The van der Waals surface area contributed by atoms with Crippen molar-refractivity contribution in [3.8, 4) is 11.5 Å². The number of ether oxygens (including phenoxy) is 2. The summed E-state index contributed by atoms with van der Waals surface area (Å²) in [5.74, 6) is 1.35. The molecule has 1 aliphatic carbocycles. The van der Waals surface area contributed by atoms with Crippen molar-refractivity contribution in [1.29, 1.82) is 0 Å². The topological polar surface area (TPSA) is 56.5 Å². The number of benzene rings is 1. The summed E-state index contributed by atoms with van der Waals surface area (Å²) < 4.78 is 10.8. The molecular weight excluding hydrogens is 288 g/mol. The second-order valence-corrected chi connectivity index (χ2v) is 7.20. The van der Waals surface area contributed by atoms with Crippen LogP contribution in [0.4, 0.5) is 0 Å². The van der Waals surface area contributed by atoms with E-state index in [1.54, 1.807) is 0 Å². The second kappa shape index (κ2) is 5.67. The molecule has 1 heterocycles. The molecular formula is C16H23ClN2O2. The average molecular weight is 311 g/mol. The van der Waals surface area contributed by atoms with Gasteiger partial charge in [0.1, 0.15) is 0 Å². The lowest BCUT2D eigenvalue weighted by atomic mass is 9.91. The van der Waals surface area contributed by atoms with Crippen LogP contribution in [0.1, 0.15) is 44.7 Å². The Kier molecular flexibility index (Phi) is 4.04. The van der Waals surface area contributed by atoms with Crippen LogP contribution in [0, 0.1) is 5.41 Å². The number of nitrogens with one attached hydrogen (secondary N) is 1. The standard InChI is InChI=1S/C16H23ClN2O2/c1-16(2)4-3-11(7-16)19-13(8-18)10-5-12(17)15-14(6-10)20-9-21-15/h5-6,11,13,19H,3-4,7-9,18H2,1-2H3. The molecule has 116 valence electrons. The Bertz CT molecular complexity index is 533. The Hall–Kier alpha value is -0.970. The molecule has 2 unspecified atom stereocenters. The summed E-state index contributed by atoms with van der Waals surface area (Å²) in [6.45, 7) is 5.41. The third-order valence-corrected chi connectivity index (χ3v) is 4.77. The van der Waals surface area contributed by atoms with Crippen LogP contribution in [0.25, 0.3) is 0 Å². The van der Waals surface area contributed by atoms with E-state index in [0.29, 0.717) is 34.5 Å². The summed E-state index contributed by atoms with van der Waals surface area (Å²) >= 11 is 6.26. The molecule has 0 saturated heterocycles. The summed E-state index contributed by atoms with van der Waals surface area (Å²) in [7, 11) is 0. The molecule has 4 nitrogen and oxygen atoms in total. The molecule has 3 rings (SSSR count). The van der Waals surface area contributed by atoms with Gasteiger partial charge >= 0.3 is 0 Å². The molecule has 0 bridgehead atoms. The largest absolute Gasteiger partial charge is 0.454 e. The Balaban J connectivity index is 1.76. The molecule has 0 aromatic heterocycles. The molecule has 2 aliphatic rings. The molecule has 1 aliphatic heterocycles. The number of hydrogen-bond donors (Lipinski definition) is 2. The number of rotatable bonds is 4. The highest BCUT2D eigenvalue weighted by Gasteiger charge is 2.32. The van der Waals surface area contributed by atoms with Gasteiger partial charge < -0.3 is 20.5 Å². The van der Waals surface area contributed by atoms with Crippen molar-refractivity contribution in [3.63, 3.8) is 0 Å². The van der Waals surface area contributed by atoms with Gasteiger partial charge in [-0.15, -0.1) is 0 Å². The molecule has 1 fully saturated rings. The Morgan fingerprint density at radius 1 is 1.43 bits per heavy atom. The van der Waals surface area contributed by atoms with Crippen molar-refractivity contribution in [1.82, 2.24) is 5.32 Å². The molecule has 1 saturated carbocycles. The molecule has 2 atom stereocenters. The first-order valence-electron chi connectivity index (χ1n) is 7.54.